The van der Waals surface area contributed by atoms with Crippen LogP contribution in [-0.2, 0) is 5.60 Å². The van der Waals surface area contributed by atoms with E-state index in [1.807, 2.05) is 32.0 Å². The number of nitrogens with zero attached hydrogens (tertiary/aromatic N) is 2. The molecule has 7 nitrogen and oxygen atoms in total. The highest BCUT2D eigenvalue weighted by Crippen LogP contribution is 2.27. The Morgan fingerprint density at radius 1 is 1.26 bits per heavy atom. The molecule has 1 saturated heterocycles. The molecule has 1 aromatic carbocycles. The van der Waals surface area contributed by atoms with Gasteiger partial charge in [-0.2, -0.15) is 0 Å². The van der Waals surface area contributed by atoms with Crippen LogP contribution in [0.5, 0.6) is 5.75 Å². The molecule has 170 valence electrons. The van der Waals surface area contributed by atoms with Crippen LogP contribution < -0.4 is 15.4 Å². The summed E-state index contributed by atoms with van der Waals surface area (Å²) in [5.41, 5.74) is 0.0558. The summed E-state index contributed by atoms with van der Waals surface area (Å²) in [5, 5.41) is 17.6. The first-order chi connectivity index (χ1) is 14.9. The maximum atomic E-state index is 10.8. The fourth-order valence-electron chi connectivity index (χ4n) is 3.93. The average molecular weight is 429 g/mol. The Morgan fingerprint density at radius 3 is 2.68 bits per heavy atom. The monoisotopic (exact) mass is 428 g/mol. The highest BCUT2D eigenvalue weighted by Gasteiger charge is 2.27. The van der Waals surface area contributed by atoms with Gasteiger partial charge in [-0.1, -0.05) is 12.1 Å². The summed E-state index contributed by atoms with van der Waals surface area (Å²) in [6.45, 7) is 9.44. The zero-order valence-corrected chi connectivity index (χ0v) is 19.1. The lowest BCUT2D eigenvalue weighted by Crippen LogP contribution is -2.43. The van der Waals surface area contributed by atoms with Crippen molar-refractivity contribution in [2.75, 3.05) is 39.8 Å². The summed E-state index contributed by atoms with van der Waals surface area (Å²) in [5.74, 6) is 2.84. The van der Waals surface area contributed by atoms with Crippen molar-refractivity contribution >= 4 is 5.96 Å². The van der Waals surface area contributed by atoms with Gasteiger partial charge >= 0.3 is 0 Å². The molecule has 0 aliphatic carbocycles. The van der Waals surface area contributed by atoms with Crippen LogP contribution in [0.4, 0.5) is 0 Å². The van der Waals surface area contributed by atoms with Gasteiger partial charge in [0.2, 0.25) is 0 Å². The van der Waals surface area contributed by atoms with E-state index in [1.165, 1.54) is 18.4 Å². The summed E-state index contributed by atoms with van der Waals surface area (Å²) in [6, 6.07) is 12.2. The summed E-state index contributed by atoms with van der Waals surface area (Å²) >= 11 is 0. The largest absolute Gasteiger partial charge is 0.497 e. The third kappa shape index (κ3) is 6.24. The second-order valence-corrected chi connectivity index (χ2v) is 8.30. The third-order valence-electron chi connectivity index (χ3n) is 5.68. The summed E-state index contributed by atoms with van der Waals surface area (Å²) in [6.07, 6.45) is 2.44. The Morgan fingerprint density at radius 2 is 2.03 bits per heavy atom. The molecular formula is C24H36N4O3. The zero-order chi connectivity index (χ0) is 22.3. The number of furan rings is 1. The molecule has 0 amide bonds. The lowest BCUT2D eigenvalue weighted by molar-refractivity contribution is 0.0428. The van der Waals surface area contributed by atoms with E-state index in [9.17, 15) is 5.11 Å². The van der Waals surface area contributed by atoms with Crippen LogP contribution in [-0.4, -0.2) is 55.8 Å². The quantitative estimate of drug-likeness (QED) is 0.420. The molecule has 1 aliphatic heterocycles. The number of aliphatic hydroxyl groups is 1. The van der Waals surface area contributed by atoms with Crippen LogP contribution >= 0.6 is 0 Å². The number of hydrogen-bond acceptors (Lipinski definition) is 5. The number of guanidine groups is 1. The Balaban J connectivity index is 1.72. The van der Waals surface area contributed by atoms with Gasteiger partial charge in [0.25, 0.3) is 0 Å². The minimum absolute atomic E-state index is 0.197. The van der Waals surface area contributed by atoms with E-state index in [0.717, 1.165) is 31.1 Å². The molecule has 0 bridgehead atoms. The van der Waals surface area contributed by atoms with Crippen molar-refractivity contribution in [2.45, 2.75) is 45.3 Å². The molecule has 3 N–H and O–H groups in total. The predicted octanol–water partition coefficient (Wildman–Crippen LogP) is 3.20. The topological polar surface area (TPSA) is 82.3 Å². The molecular weight excluding hydrogens is 392 g/mol. The molecule has 2 unspecified atom stereocenters. The Hall–Kier alpha value is -2.51. The molecule has 2 atom stereocenters. The first-order valence-electron chi connectivity index (χ1n) is 11.1. The highest BCUT2D eigenvalue weighted by atomic mass is 16.5. The lowest BCUT2D eigenvalue weighted by atomic mass is 10.0. The minimum atomic E-state index is -1.17. The molecule has 1 aromatic heterocycles. The maximum absolute atomic E-state index is 10.8. The van der Waals surface area contributed by atoms with E-state index < -0.39 is 5.60 Å². The van der Waals surface area contributed by atoms with Crippen molar-refractivity contribution in [3.05, 3.63) is 53.5 Å². The van der Waals surface area contributed by atoms with E-state index in [0.29, 0.717) is 18.3 Å². The maximum Gasteiger partial charge on any atom is 0.191 e. The number of benzene rings is 1. The first kappa shape index (κ1) is 23.2. The Bertz CT molecular complexity index is 856. The number of rotatable bonds is 9. The summed E-state index contributed by atoms with van der Waals surface area (Å²) in [7, 11) is 1.70. The molecule has 1 fully saturated rings. The van der Waals surface area contributed by atoms with Crippen LogP contribution in [0.3, 0.4) is 0 Å². The normalized spacial score (nSPS) is 17.9. The van der Waals surface area contributed by atoms with E-state index in [1.54, 1.807) is 20.1 Å². The molecule has 1 aliphatic rings. The number of methoxy groups -OCH3 is 1. The number of aryl methyl sites for hydroxylation is 1. The molecule has 31 heavy (non-hydrogen) atoms. The number of hydrogen-bond donors (Lipinski definition) is 3. The highest BCUT2D eigenvalue weighted by molar-refractivity contribution is 5.79. The van der Waals surface area contributed by atoms with E-state index >= 15 is 0 Å². The van der Waals surface area contributed by atoms with Gasteiger partial charge in [0.15, 0.2) is 5.96 Å². The van der Waals surface area contributed by atoms with Crippen molar-refractivity contribution in [3.8, 4) is 5.75 Å². The smallest absolute Gasteiger partial charge is 0.191 e. The van der Waals surface area contributed by atoms with Gasteiger partial charge in [-0.05, 0) is 76.5 Å². The predicted molar refractivity (Wildman–Crippen MR) is 124 cm³/mol. The van der Waals surface area contributed by atoms with Crippen molar-refractivity contribution in [2.24, 2.45) is 4.99 Å². The molecule has 2 heterocycles. The fourth-order valence-corrected chi connectivity index (χ4v) is 3.93. The molecule has 0 spiro atoms. The van der Waals surface area contributed by atoms with Crippen LogP contribution in [0.25, 0.3) is 0 Å². The Kier molecular flexibility index (Phi) is 7.98. The van der Waals surface area contributed by atoms with Crippen molar-refractivity contribution in [1.82, 2.24) is 15.5 Å². The van der Waals surface area contributed by atoms with Gasteiger partial charge in [-0.15, -0.1) is 0 Å². The van der Waals surface area contributed by atoms with Crippen LogP contribution in [0, 0.1) is 6.92 Å². The zero-order valence-electron chi connectivity index (χ0n) is 19.1. The van der Waals surface area contributed by atoms with Gasteiger partial charge in [-0.3, -0.25) is 4.90 Å². The second-order valence-electron chi connectivity index (χ2n) is 8.30. The van der Waals surface area contributed by atoms with E-state index in [2.05, 4.69) is 32.7 Å². The van der Waals surface area contributed by atoms with E-state index in [-0.39, 0.29) is 12.6 Å². The molecule has 0 saturated carbocycles. The molecule has 3 rings (SSSR count). The number of likely N-dealkylation sites (tertiary alicyclic amines) is 1. The van der Waals surface area contributed by atoms with Gasteiger partial charge < -0.3 is 24.9 Å². The molecule has 7 heteroatoms. The van der Waals surface area contributed by atoms with E-state index in [4.69, 9.17) is 9.15 Å². The van der Waals surface area contributed by atoms with Crippen molar-refractivity contribution in [3.63, 3.8) is 0 Å². The Labute approximate surface area is 185 Å². The minimum Gasteiger partial charge on any atom is -0.497 e. The van der Waals surface area contributed by atoms with Crippen LogP contribution in [0.2, 0.25) is 0 Å². The third-order valence-corrected chi connectivity index (χ3v) is 5.68. The summed E-state index contributed by atoms with van der Waals surface area (Å²) < 4.78 is 11.0. The summed E-state index contributed by atoms with van der Waals surface area (Å²) in [4.78, 5) is 7.15. The number of nitrogens with one attached hydrogen (secondary N) is 2. The van der Waals surface area contributed by atoms with Crippen LogP contribution in [0.1, 0.15) is 49.8 Å². The van der Waals surface area contributed by atoms with Gasteiger partial charge in [0, 0.05) is 13.1 Å². The number of aliphatic imine (C=N–C) groups is 1. The lowest BCUT2D eigenvalue weighted by Gasteiger charge is -2.29. The second kappa shape index (κ2) is 10.7. The standard InChI is InChI=1S/C24H36N4O3/c1-5-25-23(27-17-24(3,29)22-12-11-18(2)31-22)26-16-21(28-13-6-7-14-28)19-9-8-10-20(15-19)30-4/h8-12,15,21,29H,5-7,13-14,16-17H2,1-4H3,(H2,25,26,27). The van der Waals surface area contributed by atoms with Gasteiger partial charge in [-0.25, -0.2) is 4.99 Å². The van der Waals surface area contributed by atoms with Gasteiger partial charge in [0.05, 0.1) is 19.7 Å². The van der Waals surface area contributed by atoms with Crippen LogP contribution in [0.15, 0.2) is 45.8 Å². The fraction of sp³-hybridized carbons (Fsp3) is 0.542. The first-order valence-corrected chi connectivity index (χ1v) is 11.1. The van der Waals surface area contributed by atoms with Gasteiger partial charge in [0.1, 0.15) is 22.9 Å². The molecule has 2 aromatic rings. The average Bonchev–Trinajstić information content (AvgIpc) is 3.45. The SMILES string of the molecule is CCNC(=NCC(C)(O)c1ccc(C)o1)NCC(c1cccc(OC)c1)N1CCCC1. The van der Waals surface area contributed by atoms with Crippen molar-refractivity contribution < 1.29 is 14.3 Å². The number of ether oxygens (including phenoxy) is 1. The molecule has 0 radical (unpaired) electrons. The van der Waals surface area contributed by atoms with Crippen molar-refractivity contribution in [1.29, 1.82) is 0 Å².